The molecule has 0 radical (unpaired) electrons. The van der Waals surface area contributed by atoms with Gasteiger partial charge in [0.05, 0.1) is 5.69 Å². The van der Waals surface area contributed by atoms with Crippen LogP contribution in [0.25, 0.3) is 0 Å². The highest BCUT2D eigenvalue weighted by atomic mass is 15.3. The van der Waals surface area contributed by atoms with E-state index in [9.17, 15) is 0 Å². The van der Waals surface area contributed by atoms with E-state index in [1.54, 1.807) is 0 Å². The van der Waals surface area contributed by atoms with Crippen LogP contribution in [0.1, 0.15) is 50.9 Å². The molecule has 1 heterocycles. The standard InChI is InChI=1S/C14H25N3/c1-3-12-9-13(17(4-2)16-12)10-14(15)11-7-5-6-8-11/h9,11,14H,3-8,10,15H2,1-2H3. The first-order valence-electron chi connectivity index (χ1n) is 7.05. The van der Waals surface area contributed by atoms with Crippen molar-refractivity contribution in [3.63, 3.8) is 0 Å². The van der Waals surface area contributed by atoms with E-state index in [0.717, 1.165) is 25.3 Å². The topological polar surface area (TPSA) is 43.8 Å². The molecule has 2 rings (SSSR count). The zero-order valence-corrected chi connectivity index (χ0v) is 11.2. The molecule has 1 aliphatic carbocycles. The van der Waals surface area contributed by atoms with Crippen LogP contribution in [-0.4, -0.2) is 15.8 Å². The number of hydrogen-bond donors (Lipinski definition) is 1. The highest BCUT2D eigenvalue weighted by Gasteiger charge is 2.23. The molecule has 1 saturated carbocycles. The molecule has 0 bridgehead atoms. The lowest BCUT2D eigenvalue weighted by atomic mass is 9.95. The third kappa shape index (κ3) is 2.89. The second-order valence-corrected chi connectivity index (χ2v) is 5.21. The van der Waals surface area contributed by atoms with Crippen molar-refractivity contribution in [3.05, 3.63) is 17.5 Å². The minimum absolute atomic E-state index is 0.323. The predicted molar refractivity (Wildman–Crippen MR) is 70.9 cm³/mol. The zero-order valence-electron chi connectivity index (χ0n) is 11.2. The Morgan fingerprint density at radius 1 is 1.41 bits per heavy atom. The van der Waals surface area contributed by atoms with Gasteiger partial charge < -0.3 is 5.73 Å². The van der Waals surface area contributed by atoms with Gasteiger partial charge in [-0.25, -0.2) is 0 Å². The number of nitrogens with zero attached hydrogens (tertiary/aromatic N) is 2. The van der Waals surface area contributed by atoms with Crippen molar-refractivity contribution in [1.29, 1.82) is 0 Å². The van der Waals surface area contributed by atoms with Gasteiger partial charge in [0.15, 0.2) is 0 Å². The van der Waals surface area contributed by atoms with E-state index in [4.69, 9.17) is 5.73 Å². The van der Waals surface area contributed by atoms with Gasteiger partial charge in [-0.1, -0.05) is 19.8 Å². The van der Waals surface area contributed by atoms with Crippen molar-refractivity contribution in [2.75, 3.05) is 0 Å². The monoisotopic (exact) mass is 235 g/mol. The lowest BCUT2D eigenvalue weighted by molar-refractivity contribution is 0.418. The Morgan fingerprint density at radius 3 is 2.71 bits per heavy atom. The van der Waals surface area contributed by atoms with Crippen molar-refractivity contribution in [2.45, 2.75) is 65.0 Å². The fourth-order valence-electron chi connectivity index (χ4n) is 2.92. The smallest absolute Gasteiger partial charge is 0.0624 e. The molecular formula is C14H25N3. The number of aryl methyl sites for hydroxylation is 2. The number of aromatic nitrogens is 2. The maximum atomic E-state index is 6.34. The summed E-state index contributed by atoms with van der Waals surface area (Å²) in [5.41, 5.74) is 8.86. The van der Waals surface area contributed by atoms with Gasteiger partial charge in [-0.15, -0.1) is 0 Å². The molecule has 0 aliphatic heterocycles. The first-order chi connectivity index (χ1) is 8.24. The highest BCUT2D eigenvalue weighted by Crippen LogP contribution is 2.28. The minimum atomic E-state index is 0.323. The third-order valence-electron chi connectivity index (χ3n) is 4.03. The molecule has 3 heteroatoms. The second kappa shape index (κ2) is 5.67. The Balaban J connectivity index is 2.03. The molecule has 0 saturated heterocycles. The molecule has 3 nitrogen and oxygen atoms in total. The van der Waals surface area contributed by atoms with E-state index >= 15 is 0 Å². The first-order valence-corrected chi connectivity index (χ1v) is 7.05. The van der Waals surface area contributed by atoms with Crippen LogP contribution >= 0.6 is 0 Å². The molecule has 0 aromatic carbocycles. The van der Waals surface area contributed by atoms with Crippen LogP contribution in [0.5, 0.6) is 0 Å². The largest absolute Gasteiger partial charge is 0.327 e. The molecule has 2 N–H and O–H groups in total. The van der Waals surface area contributed by atoms with Gasteiger partial charge in [-0.2, -0.15) is 5.10 Å². The van der Waals surface area contributed by atoms with Crippen molar-refractivity contribution in [2.24, 2.45) is 11.7 Å². The molecule has 1 aromatic heterocycles. The number of hydrogen-bond acceptors (Lipinski definition) is 2. The van der Waals surface area contributed by atoms with Crippen LogP contribution in [0.2, 0.25) is 0 Å². The van der Waals surface area contributed by atoms with Crippen LogP contribution in [0.3, 0.4) is 0 Å². The van der Waals surface area contributed by atoms with E-state index in [2.05, 4.69) is 29.7 Å². The Bertz CT molecular complexity index is 350. The summed E-state index contributed by atoms with van der Waals surface area (Å²) < 4.78 is 2.12. The van der Waals surface area contributed by atoms with Gasteiger partial charge in [0.25, 0.3) is 0 Å². The van der Waals surface area contributed by atoms with Crippen LogP contribution in [0.15, 0.2) is 6.07 Å². The summed E-state index contributed by atoms with van der Waals surface area (Å²) in [5.74, 6) is 0.736. The summed E-state index contributed by atoms with van der Waals surface area (Å²) in [6.07, 6.45) is 7.38. The molecule has 1 atom stereocenters. The Morgan fingerprint density at radius 2 is 2.12 bits per heavy atom. The van der Waals surface area contributed by atoms with E-state index in [-0.39, 0.29) is 0 Å². The van der Waals surface area contributed by atoms with Crippen LogP contribution in [0.4, 0.5) is 0 Å². The molecule has 1 aromatic rings. The lowest BCUT2D eigenvalue weighted by Crippen LogP contribution is -2.31. The normalized spacial score (nSPS) is 18.8. The van der Waals surface area contributed by atoms with E-state index in [1.165, 1.54) is 37.1 Å². The number of nitrogens with two attached hydrogens (primary N) is 1. The predicted octanol–water partition coefficient (Wildman–Crippen LogP) is 2.53. The van der Waals surface area contributed by atoms with E-state index in [1.807, 2.05) is 0 Å². The Hall–Kier alpha value is -0.830. The highest BCUT2D eigenvalue weighted by molar-refractivity contribution is 5.12. The molecule has 96 valence electrons. The lowest BCUT2D eigenvalue weighted by Gasteiger charge is -2.18. The molecule has 1 unspecified atom stereocenters. The summed E-state index contributed by atoms with van der Waals surface area (Å²) in [6, 6.07) is 2.56. The van der Waals surface area contributed by atoms with Gasteiger partial charge in [0.1, 0.15) is 0 Å². The Kier molecular flexibility index (Phi) is 4.21. The fourth-order valence-corrected chi connectivity index (χ4v) is 2.92. The van der Waals surface area contributed by atoms with Crippen molar-refractivity contribution < 1.29 is 0 Å². The second-order valence-electron chi connectivity index (χ2n) is 5.21. The zero-order chi connectivity index (χ0) is 12.3. The summed E-state index contributed by atoms with van der Waals surface area (Å²) >= 11 is 0. The third-order valence-corrected chi connectivity index (χ3v) is 4.03. The van der Waals surface area contributed by atoms with Crippen molar-refractivity contribution in [3.8, 4) is 0 Å². The average molecular weight is 235 g/mol. The summed E-state index contributed by atoms with van der Waals surface area (Å²) in [4.78, 5) is 0. The quantitative estimate of drug-likeness (QED) is 0.852. The molecule has 0 amide bonds. The molecule has 1 aliphatic rings. The van der Waals surface area contributed by atoms with Crippen molar-refractivity contribution >= 4 is 0 Å². The minimum Gasteiger partial charge on any atom is -0.327 e. The number of rotatable bonds is 5. The molecule has 17 heavy (non-hydrogen) atoms. The van der Waals surface area contributed by atoms with Crippen LogP contribution in [-0.2, 0) is 19.4 Å². The first kappa shape index (κ1) is 12.6. The van der Waals surface area contributed by atoms with Gasteiger partial charge in [0.2, 0.25) is 0 Å². The Labute approximate surface area is 104 Å². The molecule has 0 spiro atoms. The maximum absolute atomic E-state index is 6.34. The maximum Gasteiger partial charge on any atom is 0.0624 e. The van der Waals surface area contributed by atoms with Gasteiger partial charge in [0, 0.05) is 24.7 Å². The van der Waals surface area contributed by atoms with Gasteiger partial charge in [-0.05, 0) is 38.2 Å². The SMILES string of the molecule is CCc1cc(CC(N)C2CCCC2)n(CC)n1. The van der Waals surface area contributed by atoms with Gasteiger partial charge >= 0.3 is 0 Å². The van der Waals surface area contributed by atoms with Crippen LogP contribution in [0, 0.1) is 5.92 Å². The summed E-state index contributed by atoms with van der Waals surface area (Å²) in [6.45, 7) is 5.26. The van der Waals surface area contributed by atoms with Gasteiger partial charge in [-0.3, -0.25) is 4.68 Å². The van der Waals surface area contributed by atoms with E-state index < -0.39 is 0 Å². The van der Waals surface area contributed by atoms with Crippen molar-refractivity contribution in [1.82, 2.24) is 9.78 Å². The summed E-state index contributed by atoms with van der Waals surface area (Å²) in [5, 5.41) is 4.59. The fraction of sp³-hybridized carbons (Fsp3) is 0.786. The van der Waals surface area contributed by atoms with Crippen LogP contribution < -0.4 is 5.73 Å². The molecular weight excluding hydrogens is 210 g/mol. The average Bonchev–Trinajstić information content (AvgIpc) is 2.97. The van der Waals surface area contributed by atoms with E-state index in [0.29, 0.717) is 6.04 Å². The summed E-state index contributed by atoms with van der Waals surface area (Å²) in [7, 11) is 0. The molecule has 1 fully saturated rings.